The van der Waals surface area contributed by atoms with Crippen LogP contribution in [-0.4, -0.2) is 49.5 Å². The van der Waals surface area contributed by atoms with Crippen LogP contribution in [0.5, 0.6) is 11.5 Å². The van der Waals surface area contributed by atoms with Crippen LogP contribution in [0.3, 0.4) is 0 Å². The maximum atomic E-state index is 10.6. The van der Waals surface area contributed by atoms with Gasteiger partial charge in [0, 0.05) is 38.4 Å². The molecule has 1 atom stereocenters. The molecule has 2 heterocycles. The van der Waals surface area contributed by atoms with Crippen molar-refractivity contribution in [3.05, 3.63) is 53.1 Å². The van der Waals surface area contributed by atoms with Crippen molar-refractivity contribution in [2.45, 2.75) is 20.0 Å². The smallest absolute Gasteiger partial charge is 0.231 e. The lowest BCUT2D eigenvalue weighted by Gasteiger charge is -2.37. The molecule has 0 radical (unpaired) electrons. The lowest BCUT2D eigenvalue weighted by Crippen LogP contribution is -2.47. The molecule has 2 aliphatic rings. The van der Waals surface area contributed by atoms with Crippen molar-refractivity contribution in [2.75, 3.05) is 44.4 Å². The average molecular weight is 354 g/mol. The summed E-state index contributed by atoms with van der Waals surface area (Å²) in [5, 5.41) is 10.6. The summed E-state index contributed by atoms with van der Waals surface area (Å²) in [7, 11) is 0. The Hall–Kier alpha value is -2.24. The first-order valence-corrected chi connectivity index (χ1v) is 9.23. The van der Waals surface area contributed by atoms with Crippen LogP contribution < -0.4 is 14.4 Å². The van der Waals surface area contributed by atoms with Gasteiger partial charge in [-0.3, -0.25) is 4.90 Å². The van der Waals surface area contributed by atoms with Crippen LogP contribution >= 0.6 is 0 Å². The molecule has 138 valence electrons. The third-order valence-corrected chi connectivity index (χ3v) is 5.50. The number of β-amino-alcohol motifs (C(OH)–C–C–N with tert-alkyl or cyclic N) is 1. The zero-order valence-corrected chi connectivity index (χ0v) is 15.4. The van der Waals surface area contributed by atoms with Crippen molar-refractivity contribution in [3.8, 4) is 11.5 Å². The minimum Gasteiger partial charge on any atom is -0.454 e. The molecule has 0 aliphatic carbocycles. The van der Waals surface area contributed by atoms with Crippen molar-refractivity contribution in [3.63, 3.8) is 0 Å². The summed E-state index contributed by atoms with van der Waals surface area (Å²) in [5.41, 5.74) is 4.91. The highest BCUT2D eigenvalue weighted by molar-refractivity contribution is 5.56. The molecule has 2 aromatic rings. The molecular formula is C21H26N2O3. The lowest BCUT2D eigenvalue weighted by molar-refractivity contribution is 0.109. The van der Waals surface area contributed by atoms with Crippen molar-refractivity contribution in [1.82, 2.24) is 4.90 Å². The van der Waals surface area contributed by atoms with E-state index in [1.54, 1.807) is 0 Å². The van der Waals surface area contributed by atoms with Crippen LogP contribution in [0, 0.1) is 13.8 Å². The number of aliphatic hydroxyl groups is 1. The molecule has 0 bridgehead atoms. The van der Waals surface area contributed by atoms with E-state index in [2.05, 4.69) is 41.8 Å². The van der Waals surface area contributed by atoms with Gasteiger partial charge in [-0.15, -0.1) is 0 Å². The van der Waals surface area contributed by atoms with Gasteiger partial charge in [-0.1, -0.05) is 18.2 Å². The molecule has 1 saturated heterocycles. The lowest BCUT2D eigenvalue weighted by atomic mass is 10.1. The average Bonchev–Trinajstić information content (AvgIpc) is 3.12. The number of piperazine rings is 1. The standard InChI is InChI=1S/C21H26N2O3/c1-15-4-3-5-18(16(15)2)23-10-8-22(9-11-23)13-19(24)17-6-7-20-21(12-17)26-14-25-20/h3-7,12,19,24H,8-11,13-14H2,1-2H3/t19-/m0/s1. The van der Waals surface area contributed by atoms with Gasteiger partial charge in [0.05, 0.1) is 6.10 Å². The Bertz CT molecular complexity index is 785. The Balaban J connectivity index is 1.35. The summed E-state index contributed by atoms with van der Waals surface area (Å²) in [4.78, 5) is 4.78. The molecule has 4 rings (SSSR count). The Kier molecular flexibility index (Phi) is 4.74. The number of nitrogens with zero attached hydrogens (tertiary/aromatic N) is 2. The minimum absolute atomic E-state index is 0.259. The Labute approximate surface area is 154 Å². The summed E-state index contributed by atoms with van der Waals surface area (Å²) < 4.78 is 10.7. The van der Waals surface area contributed by atoms with Crippen LogP contribution in [0.25, 0.3) is 0 Å². The third kappa shape index (κ3) is 3.37. The highest BCUT2D eigenvalue weighted by atomic mass is 16.7. The van der Waals surface area contributed by atoms with E-state index in [4.69, 9.17) is 9.47 Å². The Morgan fingerprint density at radius 3 is 2.58 bits per heavy atom. The fourth-order valence-corrected chi connectivity index (χ4v) is 3.72. The van der Waals surface area contributed by atoms with Gasteiger partial charge in [0.2, 0.25) is 6.79 Å². The fourth-order valence-electron chi connectivity index (χ4n) is 3.72. The highest BCUT2D eigenvalue weighted by Crippen LogP contribution is 2.34. The first-order valence-electron chi connectivity index (χ1n) is 9.23. The minimum atomic E-state index is -0.517. The number of hydrogen-bond donors (Lipinski definition) is 1. The largest absolute Gasteiger partial charge is 0.454 e. The summed E-state index contributed by atoms with van der Waals surface area (Å²) in [5.74, 6) is 1.48. The number of fused-ring (bicyclic) bond motifs is 1. The monoisotopic (exact) mass is 354 g/mol. The SMILES string of the molecule is Cc1cccc(N2CCN(C[C@H](O)c3ccc4c(c3)OCO4)CC2)c1C. The van der Waals surface area contributed by atoms with Gasteiger partial charge in [-0.25, -0.2) is 0 Å². The molecule has 0 unspecified atom stereocenters. The van der Waals surface area contributed by atoms with Gasteiger partial charge in [0.15, 0.2) is 11.5 Å². The summed E-state index contributed by atoms with van der Waals surface area (Å²) >= 11 is 0. The highest BCUT2D eigenvalue weighted by Gasteiger charge is 2.22. The quantitative estimate of drug-likeness (QED) is 0.915. The molecule has 0 amide bonds. The molecule has 5 heteroatoms. The van der Waals surface area contributed by atoms with Crippen molar-refractivity contribution >= 4 is 5.69 Å². The second-order valence-corrected chi connectivity index (χ2v) is 7.14. The van der Waals surface area contributed by atoms with Crippen molar-refractivity contribution < 1.29 is 14.6 Å². The number of anilines is 1. The van der Waals surface area contributed by atoms with Crippen LogP contribution in [-0.2, 0) is 0 Å². The number of rotatable bonds is 4. The maximum absolute atomic E-state index is 10.6. The number of ether oxygens (including phenoxy) is 2. The van der Waals surface area contributed by atoms with Crippen molar-refractivity contribution in [1.29, 1.82) is 0 Å². The molecule has 0 saturated carbocycles. The second kappa shape index (κ2) is 7.17. The molecule has 2 aromatic carbocycles. The molecule has 2 aliphatic heterocycles. The Morgan fingerprint density at radius 1 is 1.00 bits per heavy atom. The zero-order valence-electron chi connectivity index (χ0n) is 15.4. The van der Waals surface area contributed by atoms with E-state index in [-0.39, 0.29) is 6.79 Å². The maximum Gasteiger partial charge on any atom is 0.231 e. The van der Waals surface area contributed by atoms with Crippen LogP contribution in [0.2, 0.25) is 0 Å². The third-order valence-electron chi connectivity index (χ3n) is 5.50. The van der Waals surface area contributed by atoms with Crippen LogP contribution in [0.15, 0.2) is 36.4 Å². The molecule has 0 aromatic heterocycles. The molecule has 26 heavy (non-hydrogen) atoms. The van der Waals surface area contributed by atoms with Gasteiger partial charge in [-0.2, -0.15) is 0 Å². The normalized spacial score (nSPS) is 18.2. The first-order chi connectivity index (χ1) is 12.6. The van der Waals surface area contributed by atoms with Crippen molar-refractivity contribution in [2.24, 2.45) is 0 Å². The van der Waals surface area contributed by atoms with Crippen LogP contribution in [0.4, 0.5) is 5.69 Å². The number of aryl methyl sites for hydroxylation is 1. The molecule has 1 N–H and O–H groups in total. The predicted molar refractivity (Wildman–Crippen MR) is 102 cm³/mol. The molecule has 5 nitrogen and oxygen atoms in total. The van der Waals surface area contributed by atoms with Gasteiger partial charge in [0.25, 0.3) is 0 Å². The van der Waals surface area contributed by atoms with Crippen LogP contribution in [0.1, 0.15) is 22.8 Å². The molecule has 0 spiro atoms. The summed E-state index contributed by atoms with van der Waals surface area (Å²) in [6.07, 6.45) is -0.517. The molecule has 1 fully saturated rings. The topological polar surface area (TPSA) is 45.2 Å². The van der Waals surface area contributed by atoms with E-state index >= 15 is 0 Å². The number of aliphatic hydroxyl groups excluding tert-OH is 1. The zero-order chi connectivity index (χ0) is 18.1. The molecular weight excluding hydrogens is 328 g/mol. The van der Waals surface area contributed by atoms with Gasteiger partial charge in [0.1, 0.15) is 0 Å². The van der Waals surface area contributed by atoms with Gasteiger partial charge >= 0.3 is 0 Å². The van der Waals surface area contributed by atoms with E-state index in [0.717, 1.165) is 43.2 Å². The number of benzene rings is 2. The van der Waals surface area contributed by atoms with E-state index in [1.807, 2.05) is 18.2 Å². The van der Waals surface area contributed by atoms with Gasteiger partial charge in [-0.05, 0) is 48.7 Å². The Morgan fingerprint density at radius 2 is 1.77 bits per heavy atom. The fraction of sp³-hybridized carbons (Fsp3) is 0.429. The van der Waals surface area contributed by atoms with E-state index in [1.165, 1.54) is 16.8 Å². The number of hydrogen-bond acceptors (Lipinski definition) is 5. The first kappa shape index (κ1) is 17.2. The van der Waals surface area contributed by atoms with E-state index in [0.29, 0.717) is 6.54 Å². The van der Waals surface area contributed by atoms with E-state index in [9.17, 15) is 5.11 Å². The second-order valence-electron chi connectivity index (χ2n) is 7.14. The van der Waals surface area contributed by atoms with E-state index < -0.39 is 6.10 Å². The summed E-state index contributed by atoms with van der Waals surface area (Å²) in [6, 6.07) is 12.2. The predicted octanol–water partition coefficient (Wildman–Crippen LogP) is 2.89. The summed E-state index contributed by atoms with van der Waals surface area (Å²) in [6.45, 7) is 9.13. The van der Waals surface area contributed by atoms with Gasteiger partial charge < -0.3 is 19.5 Å².